The molecule has 2 fully saturated rings. The molecule has 25 heavy (non-hydrogen) atoms. The number of piperazine rings is 1. The number of benzene rings is 1. The predicted octanol–water partition coefficient (Wildman–Crippen LogP) is 3.21. The number of aromatic nitrogens is 2. The van der Waals surface area contributed by atoms with Crippen molar-refractivity contribution in [3.05, 3.63) is 45.6 Å². The van der Waals surface area contributed by atoms with Gasteiger partial charge in [-0.05, 0) is 31.0 Å². The van der Waals surface area contributed by atoms with Crippen LogP contribution in [0.15, 0.2) is 22.6 Å². The van der Waals surface area contributed by atoms with Crippen molar-refractivity contribution in [2.45, 2.75) is 25.3 Å². The highest BCUT2D eigenvalue weighted by Crippen LogP contribution is 2.39. The standard InChI is InChI=1S/C17H18Cl2N4O2/c18-13-7-12(8-14(19)9-13)17(24)23-5-3-22(4-6-23)10-15-20-21-16(25-15)11-1-2-11/h7-9,11H,1-6,10H2. The monoisotopic (exact) mass is 380 g/mol. The number of carbonyl (C=O) groups is 1. The van der Waals surface area contributed by atoms with Crippen LogP contribution in [0.3, 0.4) is 0 Å². The van der Waals surface area contributed by atoms with Gasteiger partial charge in [0, 0.05) is 47.7 Å². The third kappa shape index (κ3) is 3.97. The van der Waals surface area contributed by atoms with Crippen molar-refractivity contribution in [2.24, 2.45) is 0 Å². The molecule has 0 bridgehead atoms. The van der Waals surface area contributed by atoms with Crippen molar-refractivity contribution in [1.29, 1.82) is 0 Å². The minimum absolute atomic E-state index is 0.0436. The van der Waals surface area contributed by atoms with Crippen LogP contribution in [-0.4, -0.2) is 52.1 Å². The number of hydrogen-bond acceptors (Lipinski definition) is 5. The summed E-state index contributed by atoms with van der Waals surface area (Å²) in [4.78, 5) is 16.6. The molecule has 1 aliphatic carbocycles. The van der Waals surface area contributed by atoms with E-state index in [1.165, 1.54) is 0 Å². The molecule has 1 saturated heterocycles. The van der Waals surface area contributed by atoms with Crippen LogP contribution < -0.4 is 0 Å². The zero-order chi connectivity index (χ0) is 17.4. The summed E-state index contributed by atoms with van der Waals surface area (Å²) in [6.07, 6.45) is 2.30. The van der Waals surface area contributed by atoms with E-state index >= 15 is 0 Å². The van der Waals surface area contributed by atoms with Crippen LogP contribution in [0.2, 0.25) is 10.0 Å². The smallest absolute Gasteiger partial charge is 0.254 e. The molecule has 0 atom stereocenters. The Morgan fingerprint density at radius 1 is 1.08 bits per heavy atom. The van der Waals surface area contributed by atoms with Gasteiger partial charge in [-0.1, -0.05) is 23.2 Å². The van der Waals surface area contributed by atoms with Crippen LogP contribution in [0.25, 0.3) is 0 Å². The van der Waals surface area contributed by atoms with E-state index in [2.05, 4.69) is 15.1 Å². The highest BCUT2D eigenvalue weighted by molar-refractivity contribution is 6.35. The Balaban J connectivity index is 1.33. The van der Waals surface area contributed by atoms with Crippen molar-refractivity contribution in [3.63, 3.8) is 0 Å². The third-order valence-corrected chi connectivity index (χ3v) is 4.97. The lowest BCUT2D eigenvalue weighted by molar-refractivity contribution is 0.0617. The maximum absolute atomic E-state index is 12.6. The maximum Gasteiger partial charge on any atom is 0.254 e. The van der Waals surface area contributed by atoms with Crippen molar-refractivity contribution in [2.75, 3.05) is 26.2 Å². The Kier molecular flexibility index (Phi) is 4.67. The first-order valence-corrected chi connectivity index (χ1v) is 9.14. The molecule has 6 nitrogen and oxygen atoms in total. The molecular formula is C17H18Cl2N4O2. The van der Waals surface area contributed by atoms with E-state index in [-0.39, 0.29) is 5.91 Å². The van der Waals surface area contributed by atoms with Gasteiger partial charge >= 0.3 is 0 Å². The largest absolute Gasteiger partial charge is 0.424 e. The van der Waals surface area contributed by atoms with Crippen LogP contribution in [0.5, 0.6) is 0 Å². The second kappa shape index (κ2) is 6.94. The summed E-state index contributed by atoms with van der Waals surface area (Å²) in [5, 5.41) is 9.17. The van der Waals surface area contributed by atoms with E-state index in [0.717, 1.165) is 31.8 Å². The fourth-order valence-electron chi connectivity index (χ4n) is 2.99. The van der Waals surface area contributed by atoms with E-state index < -0.39 is 0 Å². The van der Waals surface area contributed by atoms with E-state index in [1.807, 2.05) is 4.90 Å². The summed E-state index contributed by atoms with van der Waals surface area (Å²) in [7, 11) is 0. The van der Waals surface area contributed by atoms with Crippen LogP contribution in [0.1, 0.15) is 40.9 Å². The second-order valence-corrected chi connectivity index (χ2v) is 7.41. The third-order valence-electron chi connectivity index (χ3n) is 4.54. The van der Waals surface area contributed by atoms with Gasteiger partial charge in [-0.15, -0.1) is 10.2 Å². The first kappa shape index (κ1) is 16.8. The Labute approximate surface area is 155 Å². The summed E-state index contributed by atoms with van der Waals surface area (Å²) in [6.45, 7) is 3.45. The molecule has 1 amide bonds. The predicted molar refractivity (Wildman–Crippen MR) is 93.9 cm³/mol. The molecule has 2 heterocycles. The van der Waals surface area contributed by atoms with Crippen molar-refractivity contribution in [1.82, 2.24) is 20.0 Å². The molecule has 0 unspecified atom stereocenters. The van der Waals surface area contributed by atoms with Gasteiger partial charge in [0.1, 0.15) is 0 Å². The molecule has 0 N–H and O–H groups in total. The first-order chi connectivity index (χ1) is 12.1. The molecule has 2 aromatic rings. The zero-order valence-electron chi connectivity index (χ0n) is 13.6. The van der Waals surface area contributed by atoms with Gasteiger partial charge in [-0.3, -0.25) is 9.69 Å². The molecule has 1 aromatic heterocycles. The van der Waals surface area contributed by atoms with Crippen LogP contribution >= 0.6 is 23.2 Å². The Morgan fingerprint density at radius 3 is 2.40 bits per heavy atom. The molecule has 0 radical (unpaired) electrons. The van der Waals surface area contributed by atoms with E-state index in [0.29, 0.717) is 47.1 Å². The Morgan fingerprint density at radius 2 is 1.76 bits per heavy atom. The van der Waals surface area contributed by atoms with Gasteiger partial charge in [-0.25, -0.2) is 0 Å². The topological polar surface area (TPSA) is 62.5 Å². The normalized spacial score (nSPS) is 18.6. The van der Waals surface area contributed by atoms with Crippen molar-refractivity contribution >= 4 is 29.1 Å². The number of carbonyl (C=O) groups excluding carboxylic acids is 1. The maximum atomic E-state index is 12.6. The Hall–Kier alpha value is -1.63. The van der Waals surface area contributed by atoms with Gasteiger partial charge in [-0.2, -0.15) is 0 Å². The molecule has 1 aliphatic heterocycles. The first-order valence-electron chi connectivity index (χ1n) is 8.38. The summed E-state index contributed by atoms with van der Waals surface area (Å²) >= 11 is 12.0. The molecule has 0 spiro atoms. The van der Waals surface area contributed by atoms with E-state index in [1.54, 1.807) is 18.2 Å². The van der Waals surface area contributed by atoms with Gasteiger partial charge in [0.05, 0.1) is 6.54 Å². The minimum atomic E-state index is -0.0436. The fourth-order valence-corrected chi connectivity index (χ4v) is 3.51. The van der Waals surface area contributed by atoms with Crippen LogP contribution in [0.4, 0.5) is 0 Å². The van der Waals surface area contributed by atoms with Gasteiger partial charge in [0.25, 0.3) is 5.91 Å². The average Bonchev–Trinajstić information content (AvgIpc) is 3.34. The Bertz CT molecular complexity index is 762. The van der Waals surface area contributed by atoms with E-state index in [9.17, 15) is 4.79 Å². The van der Waals surface area contributed by atoms with Gasteiger partial charge < -0.3 is 9.32 Å². The van der Waals surface area contributed by atoms with E-state index in [4.69, 9.17) is 27.6 Å². The lowest BCUT2D eigenvalue weighted by Crippen LogP contribution is -2.48. The fraction of sp³-hybridized carbons (Fsp3) is 0.471. The summed E-state index contributed by atoms with van der Waals surface area (Å²) in [5.41, 5.74) is 0.525. The summed E-state index contributed by atoms with van der Waals surface area (Å²) < 4.78 is 5.71. The lowest BCUT2D eigenvalue weighted by atomic mass is 10.2. The van der Waals surface area contributed by atoms with Gasteiger partial charge in [0.15, 0.2) is 0 Å². The molecular weight excluding hydrogens is 363 g/mol. The number of hydrogen-bond donors (Lipinski definition) is 0. The molecule has 1 saturated carbocycles. The number of amides is 1. The highest BCUT2D eigenvalue weighted by atomic mass is 35.5. The van der Waals surface area contributed by atoms with Gasteiger partial charge in [0.2, 0.25) is 11.8 Å². The SMILES string of the molecule is O=C(c1cc(Cl)cc(Cl)c1)N1CCN(Cc2nnc(C3CC3)o2)CC1. The van der Waals surface area contributed by atoms with Crippen LogP contribution in [0, 0.1) is 0 Å². The molecule has 2 aliphatic rings. The number of halogens is 2. The molecule has 8 heteroatoms. The zero-order valence-corrected chi connectivity index (χ0v) is 15.1. The number of rotatable bonds is 4. The quantitative estimate of drug-likeness (QED) is 0.814. The second-order valence-electron chi connectivity index (χ2n) is 6.53. The van der Waals surface area contributed by atoms with Crippen molar-refractivity contribution in [3.8, 4) is 0 Å². The summed E-state index contributed by atoms with van der Waals surface area (Å²) in [6, 6.07) is 4.93. The molecule has 1 aromatic carbocycles. The molecule has 4 rings (SSSR count). The van der Waals surface area contributed by atoms with Crippen LogP contribution in [-0.2, 0) is 6.54 Å². The number of nitrogens with zero attached hydrogens (tertiary/aromatic N) is 4. The lowest BCUT2D eigenvalue weighted by Gasteiger charge is -2.34. The summed E-state index contributed by atoms with van der Waals surface area (Å²) in [5.74, 6) is 1.85. The molecule has 132 valence electrons. The minimum Gasteiger partial charge on any atom is -0.424 e. The highest BCUT2D eigenvalue weighted by Gasteiger charge is 2.30. The average molecular weight is 381 g/mol. The van der Waals surface area contributed by atoms with Crippen molar-refractivity contribution < 1.29 is 9.21 Å².